The minimum absolute atomic E-state index is 0. The predicted molar refractivity (Wildman–Crippen MR) is 230 cm³/mol. The van der Waals surface area contributed by atoms with E-state index in [0.29, 0.717) is 22.5 Å². The summed E-state index contributed by atoms with van der Waals surface area (Å²) in [7, 11) is -14.2. The first-order valence-corrected chi connectivity index (χ1v) is 23.0. The number of benzene rings is 5. The monoisotopic (exact) mass is 970 g/mol. The molecule has 9 aromatic rings. The zero-order chi connectivity index (χ0) is 44.3. The third-order valence-electron chi connectivity index (χ3n) is 10.4. The fourth-order valence-corrected chi connectivity index (χ4v) is 8.99. The molecule has 2 aliphatic rings. The van der Waals surface area contributed by atoms with Crippen LogP contribution in [0.15, 0.2) is 130 Å². The van der Waals surface area contributed by atoms with Crippen LogP contribution < -0.4 is 9.97 Å². The zero-order valence-electron chi connectivity index (χ0n) is 32.7. The number of nitrogens with zero attached hydrogens (tertiary/aromatic N) is 10. The van der Waals surface area contributed by atoms with Crippen molar-refractivity contribution in [1.82, 2.24) is 49.8 Å². The molecule has 11 rings (SSSR count). The third kappa shape index (κ3) is 7.24. The number of fused-ring (bicyclic) bond motifs is 20. The molecule has 0 atom stereocenters. The molecular formula is C42H22N10O9S3Zn. The number of aromatic nitrogens is 10. The van der Waals surface area contributed by atoms with E-state index in [0.717, 1.165) is 36.4 Å². The molecule has 8 bridgehead atoms. The van der Waals surface area contributed by atoms with Crippen LogP contribution in [0.2, 0.25) is 0 Å². The second-order valence-electron chi connectivity index (χ2n) is 14.4. The molecule has 0 amide bonds. The summed E-state index contributed by atoms with van der Waals surface area (Å²) in [4.78, 5) is 46.5. The summed E-state index contributed by atoms with van der Waals surface area (Å²) in [5.74, 6) is -0.334. The van der Waals surface area contributed by atoms with E-state index < -0.39 is 45.0 Å². The first kappa shape index (κ1) is 41.9. The van der Waals surface area contributed by atoms with Crippen molar-refractivity contribution in [3.63, 3.8) is 0 Å². The fraction of sp³-hybridized carbons (Fsp3) is 0. The Hall–Kier alpha value is -7.11. The Morgan fingerprint density at radius 1 is 0.354 bits per heavy atom. The van der Waals surface area contributed by atoms with E-state index in [4.69, 9.17) is 29.9 Å². The molecule has 6 heterocycles. The molecule has 0 aliphatic carbocycles. The van der Waals surface area contributed by atoms with Gasteiger partial charge in [-0.3, -0.25) is 13.7 Å². The van der Waals surface area contributed by atoms with Crippen LogP contribution in [-0.4, -0.2) is 78.8 Å². The molecule has 314 valence electrons. The van der Waals surface area contributed by atoms with Crippen molar-refractivity contribution < 1.29 is 58.4 Å². The van der Waals surface area contributed by atoms with Gasteiger partial charge in [-0.2, -0.15) is 25.3 Å². The van der Waals surface area contributed by atoms with Crippen molar-refractivity contribution >= 4 is 74.5 Å². The summed E-state index contributed by atoms with van der Waals surface area (Å²) in [6.07, 6.45) is 0. The normalized spacial score (nSPS) is 12.5. The van der Waals surface area contributed by atoms with Crippen LogP contribution in [0.4, 0.5) is 0 Å². The van der Waals surface area contributed by atoms with Gasteiger partial charge in [0.25, 0.3) is 30.4 Å². The maximum Gasteiger partial charge on any atom is 2.00 e. The Balaban J connectivity index is 0.00000498. The van der Waals surface area contributed by atoms with E-state index in [2.05, 4.69) is 19.9 Å². The van der Waals surface area contributed by atoms with Gasteiger partial charge in [-0.1, -0.05) is 78.9 Å². The van der Waals surface area contributed by atoms with Crippen molar-refractivity contribution in [2.75, 3.05) is 0 Å². The molecule has 3 N–H and O–H groups in total. The molecule has 5 aromatic carbocycles. The van der Waals surface area contributed by atoms with Crippen molar-refractivity contribution in [1.29, 1.82) is 0 Å². The summed E-state index contributed by atoms with van der Waals surface area (Å²) in [5.41, 5.74) is 2.59. The minimum atomic E-state index is -4.74. The average molecular weight is 972 g/mol. The fourth-order valence-electron chi connectivity index (χ4n) is 7.47. The topological polar surface area (TPSA) is 294 Å². The molecule has 4 aromatic heterocycles. The van der Waals surface area contributed by atoms with Crippen molar-refractivity contribution in [3.8, 4) is 68.3 Å². The SMILES string of the molecule is O=S(=O)(O)c1ccc2c(c1)-c1nc-2nc2[n-]c(nc3nc(nc4[n-]c(n1)c1ccc(S(=O)(=O)O)cc41)-c1nc(-c4ccccc4)c(-c4ccccc4)nc1-3)c1ccc(S(=O)(=O)O)cc21.[Zn+2]. The predicted octanol–water partition coefficient (Wildman–Crippen LogP) is 5.99. The molecule has 0 unspecified atom stereocenters. The quantitative estimate of drug-likeness (QED) is 0.132. The van der Waals surface area contributed by atoms with Crippen molar-refractivity contribution in [3.05, 3.63) is 115 Å². The standard InChI is InChI=1S/C42H22N10O9S3.Zn/c53-62(54,55)22-11-14-25-28(17-22)38-45-35(25)46-39-29-18-23(63(56,57)58)13-16-27(29)37(49-39)50-41-33-34(44-32(21-9-5-2-6-10-21)31(43-33)20-7-3-1-4-8-20)42(52-41)51-40-30-19-24(64(59,60)61)12-15-26(30)36(47-38)48-40;/h1-19H,(H3-2,45,46,47,48,49,50,51,52,53,54,55,56,57,58,59,60,61);/q-2;+2. The molecule has 0 radical (unpaired) electrons. The maximum atomic E-state index is 12.4. The van der Waals surface area contributed by atoms with E-state index in [9.17, 15) is 38.9 Å². The van der Waals surface area contributed by atoms with Crippen LogP contribution in [0, 0.1) is 0 Å². The summed E-state index contributed by atoms with van der Waals surface area (Å²) >= 11 is 0. The van der Waals surface area contributed by atoms with Gasteiger partial charge < -0.3 is 29.9 Å². The Morgan fingerprint density at radius 2 is 0.723 bits per heavy atom. The first-order valence-electron chi connectivity index (χ1n) is 18.7. The summed E-state index contributed by atoms with van der Waals surface area (Å²) in [6.45, 7) is 0. The van der Waals surface area contributed by atoms with Gasteiger partial charge in [0, 0.05) is 44.8 Å². The Bertz CT molecular complexity index is 4060. The van der Waals surface area contributed by atoms with Crippen molar-refractivity contribution in [2.24, 2.45) is 0 Å². The molecular weight excluding hydrogens is 950 g/mol. The molecule has 0 saturated carbocycles. The van der Waals surface area contributed by atoms with E-state index in [1.54, 1.807) is 0 Å². The van der Waals surface area contributed by atoms with Gasteiger partial charge in [0.05, 0.1) is 37.7 Å². The van der Waals surface area contributed by atoms with Crippen LogP contribution in [0.5, 0.6) is 0 Å². The zero-order valence-corrected chi connectivity index (χ0v) is 38.1. The van der Waals surface area contributed by atoms with Crippen LogP contribution in [0.25, 0.3) is 112 Å². The molecule has 0 spiro atoms. The van der Waals surface area contributed by atoms with Gasteiger partial charge >= 0.3 is 19.5 Å². The van der Waals surface area contributed by atoms with E-state index in [1.165, 1.54) is 18.2 Å². The molecule has 2 aliphatic heterocycles. The number of rotatable bonds is 5. The molecule has 0 fully saturated rings. The van der Waals surface area contributed by atoms with E-state index >= 15 is 0 Å². The molecule has 19 nitrogen and oxygen atoms in total. The number of hydrogen-bond acceptors (Lipinski definition) is 14. The molecule has 0 saturated heterocycles. The van der Waals surface area contributed by atoms with Crippen LogP contribution >= 0.6 is 0 Å². The van der Waals surface area contributed by atoms with Gasteiger partial charge in [0.1, 0.15) is 23.0 Å². The van der Waals surface area contributed by atoms with Gasteiger partial charge in [-0.15, -0.1) is 0 Å². The minimum Gasteiger partial charge on any atom is -0.357 e. The molecule has 23 heteroatoms. The summed E-state index contributed by atoms with van der Waals surface area (Å²) < 4.78 is 104. The van der Waals surface area contributed by atoms with E-state index in [-0.39, 0.29) is 109 Å². The smallest absolute Gasteiger partial charge is 0.357 e. The van der Waals surface area contributed by atoms with Gasteiger partial charge in [0.15, 0.2) is 0 Å². The summed E-state index contributed by atoms with van der Waals surface area (Å²) in [6, 6.07) is 29.5. The first-order chi connectivity index (χ1) is 30.6. The number of hydrogen-bond donors (Lipinski definition) is 3. The third-order valence-corrected chi connectivity index (χ3v) is 13.0. The Morgan fingerprint density at radius 3 is 1.17 bits per heavy atom. The second kappa shape index (κ2) is 15.0. The van der Waals surface area contributed by atoms with Crippen molar-refractivity contribution in [2.45, 2.75) is 14.7 Å². The summed E-state index contributed by atoms with van der Waals surface area (Å²) in [5, 5.41) is 0.715. The molecule has 65 heavy (non-hydrogen) atoms. The van der Waals surface area contributed by atoms with E-state index in [1.807, 2.05) is 60.7 Å². The van der Waals surface area contributed by atoms with Gasteiger partial charge in [-0.05, 0) is 57.9 Å². The largest absolute Gasteiger partial charge is 2.00 e. The Kier molecular flexibility index (Phi) is 9.66. The van der Waals surface area contributed by atoms with Gasteiger partial charge in [-0.25, -0.2) is 19.9 Å². The average Bonchev–Trinajstić information content (AvgIpc) is 4.00. The van der Waals surface area contributed by atoms with Crippen LogP contribution in [0.3, 0.4) is 0 Å². The van der Waals surface area contributed by atoms with Crippen LogP contribution in [-0.2, 0) is 49.8 Å². The Labute approximate surface area is 378 Å². The second-order valence-corrected chi connectivity index (χ2v) is 18.6. The maximum absolute atomic E-state index is 12.4. The van der Waals surface area contributed by atoms with Gasteiger partial charge in [0.2, 0.25) is 0 Å². The van der Waals surface area contributed by atoms with Crippen LogP contribution in [0.1, 0.15) is 0 Å².